The zero-order valence-corrected chi connectivity index (χ0v) is 2.73. The minimum atomic E-state index is 0.639. The third-order valence-corrected chi connectivity index (χ3v) is 0.509. The third-order valence-electron chi connectivity index (χ3n) is 0.509. The zero-order valence-electron chi connectivity index (χ0n) is 2.73. The van der Waals surface area contributed by atoms with E-state index in [0.717, 1.165) is 0 Å². The molecule has 0 atom stereocenters. The van der Waals surface area contributed by atoms with Crippen LogP contribution < -0.4 is 0 Å². The molecule has 1 aliphatic heterocycles. The van der Waals surface area contributed by atoms with E-state index in [-0.39, 0.29) is 0 Å². The van der Waals surface area contributed by atoms with Gasteiger partial charge in [0.15, 0.2) is 0 Å². The first-order valence-corrected chi connectivity index (χ1v) is 1.47. The summed E-state index contributed by atoms with van der Waals surface area (Å²) in [5.41, 5.74) is 0.644. The van der Waals surface area contributed by atoms with E-state index in [2.05, 4.69) is 4.99 Å². The van der Waals surface area contributed by atoms with Crippen LogP contribution in [0.1, 0.15) is 0 Å². The van der Waals surface area contributed by atoms with Crippen LogP contribution in [0.3, 0.4) is 0 Å². The van der Waals surface area contributed by atoms with Crippen LogP contribution in [-0.2, 0) is 0 Å². The molecular formula is C3H4N2. The summed E-state index contributed by atoms with van der Waals surface area (Å²) in [5.74, 6) is 0. The fraction of sp³-hybridized carbons (Fsp3) is 0.333. The van der Waals surface area contributed by atoms with Gasteiger partial charge in [-0.15, -0.1) is 0 Å². The van der Waals surface area contributed by atoms with Gasteiger partial charge in [-0.1, -0.05) is 0 Å². The molecule has 0 saturated heterocycles. The third kappa shape index (κ3) is 0.210. The van der Waals surface area contributed by atoms with Gasteiger partial charge in [-0.3, -0.25) is 4.99 Å². The Hall–Kier alpha value is -0.660. The van der Waals surface area contributed by atoms with Gasteiger partial charge in [-0.05, 0) is 0 Å². The molecule has 1 rings (SSSR count). The van der Waals surface area contributed by atoms with Crippen molar-refractivity contribution < 1.29 is 0 Å². The van der Waals surface area contributed by atoms with E-state index in [1.807, 2.05) is 0 Å². The Morgan fingerprint density at radius 3 is 2.40 bits per heavy atom. The second-order valence-corrected chi connectivity index (χ2v) is 0.995. The van der Waals surface area contributed by atoms with Crippen LogP contribution in [0.2, 0.25) is 0 Å². The largest absolute Gasteiger partial charge is 0.302 e. The molecule has 0 aromatic heterocycles. The Bertz CT molecular complexity index is 82.9. The Balaban J connectivity index is 2.71. The monoisotopic (exact) mass is 68.0 g/mol. The van der Waals surface area contributed by atoms with Gasteiger partial charge >= 0.3 is 0 Å². The quantitative estimate of drug-likeness (QED) is 0.417. The maximum absolute atomic E-state index is 6.68. The Kier molecular flexibility index (Phi) is 0.330. The minimum absolute atomic E-state index is 0.639. The molecular weight excluding hydrogens is 64.0 g/mol. The lowest BCUT2D eigenvalue weighted by atomic mass is 10.3. The van der Waals surface area contributed by atoms with Gasteiger partial charge in [0, 0.05) is 6.21 Å². The van der Waals surface area contributed by atoms with Crippen molar-refractivity contribution in [2.24, 2.45) is 4.99 Å². The molecule has 0 unspecified atom stereocenters. The predicted octanol–water partition coefficient (Wildman–Crippen LogP) is 0.0906. The Morgan fingerprint density at radius 2 is 2.40 bits per heavy atom. The van der Waals surface area contributed by atoms with Crippen molar-refractivity contribution >= 4 is 11.9 Å². The summed E-state index contributed by atoms with van der Waals surface area (Å²) in [6.45, 7) is 0.639. The van der Waals surface area contributed by atoms with Crippen LogP contribution in [-0.4, -0.2) is 18.5 Å². The number of aliphatic imine (C=N–C) groups is 1. The smallest absolute Gasteiger partial charge is 0.0820 e. The summed E-state index contributed by atoms with van der Waals surface area (Å²) in [7, 11) is 0. The molecule has 0 aliphatic carbocycles. The van der Waals surface area contributed by atoms with E-state index in [1.165, 1.54) is 0 Å². The fourth-order valence-corrected chi connectivity index (χ4v) is 0.183. The topological polar surface area (TPSA) is 36.2 Å². The van der Waals surface area contributed by atoms with E-state index < -0.39 is 0 Å². The molecule has 1 aliphatic rings. The van der Waals surface area contributed by atoms with Gasteiger partial charge < -0.3 is 5.41 Å². The molecule has 1 heterocycles. The molecule has 2 heteroatoms. The Labute approximate surface area is 30.0 Å². The maximum atomic E-state index is 6.68. The molecule has 0 aromatic carbocycles. The lowest BCUT2D eigenvalue weighted by molar-refractivity contribution is 1.24. The summed E-state index contributed by atoms with van der Waals surface area (Å²) in [6.07, 6.45) is 1.56. The van der Waals surface area contributed by atoms with Crippen molar-refractivity contribution in [2.75, 3.05) is 6.54 Å². The number of hydrogen-bond donors (Lipinski definition) is 1. The first-order chi connectivity index (χ1) is 2.39. The lowest BCUT2D eigenvalue weighted by Gasteiger charge is -1.96. The van der Waals surface area contributed by atoms with Gasteiger partial charge in [-0.2, -0.15) is 0 Å². The summed E-state index contributed by atoms with van der Waals surface area (Å²) in [5, 5.41) is 6.68. The first-order valence-electron chi connectivity index (χ1n) is 1.47. The molecule has 0 radical (unpaired) electrons. The van der Waals surface area contributed by atoms with E-state index in [0.29, 0.717) is 12.3 Å². The minimum Gasteiger partial charge on any atom is -0.302 e. The fourth-order valence-electron chi connectivity index (χ4n) is 0.183. The zero-order chi connectivity index (χ0) is 3.70. The van der Waals surface area contributed by atoms with E-state index in [9.17, 15) is 0 Å². The van der Waals surface area contributed by atoms with Crippen LogP contribution in [0.25, 0.3) is 0 Å². The Morgan fingerprint density at radius 1 is 2.00 bits per heavy atom. The highest BCUT2D eigenvalue weighted by molar-refractivity contribution is 6.34. The second-order valence-electron chi connectivity index (χ2n) is 0.995. The van der Waals surface area contributed by atoms with E-state index >= 15 is 0 Å². The van der Waals surface area contributed by atoms with Crippen molar-refractivity contribution in [1.29, 1.82) is 5.41 Å². The summed E-state index contributed by atoms with van der Waals surface area (Å²) in [6, 6.07) is 0. The molecule has 0 bridgehead atoms. The number of nitrogens with one attached hydrogen (secondary N) is 1. The van der Waals surface area contributed by atoms with Crippen molar-refractivity contribution in [3.63, 3.8) is 0 Å². The van der Waals surface area contributed by atoms with E-state index in [1.54, 1.807) is 6.21 Å². The standard InChI is InChI=1S/C3H4N2/c4-3-1-5-2-3/h1,4H,2H2. The SMILES string of the molecule is N=C1C=NC1. The molecule has 0 aromatic rings. The second kappa shape index (κ2) is 0.641. The first kappa shape index (κ1) is 2.57. The highest BCUT2D eigenvalue weighted by Gasteiger charge is 1.94. The normalized spacial score (nSPS) is 18.8. The van der Waals surface area contributed by atoms with Crippen LogP contribution in [0.15, 0.2) is 4.99 Å². The predicted molar refractivity (Wildman–Crippen MR) is 21.1 cm³/mol. The number of rotatable bonds is 0. The molecule has 0 saturated carbocycles. The molecule has 0 spiro atoms. The maximum Gasteiger partial charge on any atom is 0.0820 e. The van der Waals surface area contributed by atoms with Crippen LogP contribution >= 0.6 is 0 Å². The number of nitrogens with zero attached hydrogens (tertiary/aromatic N) is 1. The van der Waals surface area contributed by atoms with Gasteiger partial charge in [0.05, 0.1) is 12.3 Å². The summed E-state index contributed by atoms with van der Waals surface area (Å²) in [4.78, 5) is 3.65. The van der Waals surface area contributed by atoms with E-state index in [4.69, 9.17) is 5.41 Å². The molecule has 5 heavy (non-hydrogen) atoms. The van der Waals surface area contributed by atoms with Crippen molar-refractivity contribution in [1.82, 2.24) is 0 Å². The summed E-state index contributed by atoms with van der Waals surface area (Å²) >= 11 is 0. The molecule has 0 amide bonds. The number of hydrogen-bond acceptors (Lipinski definition) is 2. The van der Waals surface area contributed by atoms with Gasteiger partial charge in [0.1, 0.15) is 0 Å². The van der Waals surface area contributed by atoms with Crippen molar-refractivity contribution in [3.8, 4) is 0 Å². The molecule has 0 fully saturated rings. The highest BCUT2D eigenvalue weighted by atomic mass is 14.8. The summed E-state index contributed by atoms with van der Waals surface area (Å²) < 4.78 is 0. The lowest BCUT2D eigenvalue weighted by Crippen LogP contribution is -2.12. The average molecular weight is 68.1 g/mol. The van der Waals surface area contributed by atoms with Gasteiger partial charge in [0.2, 0.25) is 0 Å². The highest BCUT2D eigenvalue weighted by Crippen LogP contribution is 1.80. The van der Waals surface area contributed by atoms with Crippen LogP contribution in [0.4, 0.5) is 0 Å². The molecule has 2 nitrogen and oxygen atoms in total. The molecule has 1 N–H and O–H groups in total. The van der Waals surface area contributed by atoms with Crippen LogP contribution in [0, 0.1) is 5.41 Å². The van der Waals surface area contributed by atoms with Crippen molar-refractivity contribution in [3.05, 3.63) is 0 Å². The van der Waals surface area contributed by atoms with Gasteiger partial charge in [-0.25, -0.2) is 0 Å². The van der Waals surface area contributed by atoms with Gasteiger partial charge in [0.25, 0.3) is 0 Å². The van der Waals surface area contributed by atoms with Crippen molar-refractivity contribution in [2.45, 2.75) is 0 Å². The van der Waals surface area contributed by atoms with Crippen LogP contribution in [0.5, 0.6) is 0 Å². The average Bonchev–Trinajstić information content (AvgIpc) is 1.30. The molecule has 26 valence electrons.